The number of pyridine rings is 1. The highest BCUT2D eigenvalue weighted by atomic mass is 19.4. The number of unbranched alkanes of at least 4 members (excludes halogenated alkanes) is 6. The van der Waals surface area contributed by atoms with Crippen LogP contribution < -0.4 is 9.47 Å². The number of fused-ring (bicyclic) bond motifs is 1. The zero-order valence-corrected chi connectivity index (χ0v) is 29.6. The third kappa shape index (κ3) is 8.34. The van der Waals surface area contributed by atoms with Crippen molar-refractivity contribution >= 4 is 0 Å². The maximum absolute atomic E-state index is 15.3. The van der Waals surface area contributed by atoms with Gasteiger partial charge in [-0.05, 0) is 48.6 Å². The Bertz CT molecular complexity index is 1870. The number of rotatable bonds is 19. The van der Waals surface area contributed by atoms with Gasteiger partial charge in [0.2, 0.25) is 0 Å². The first-order valence-electron chi connectivity index (χ1n) is 17.7. The Balaban J connectivity index is 1.20. The second-order valence-electron chi connectivity index (χ2n) is 14.1. The number of hydrogen-bond acceptors (Lipinski definition) is 5. The van der Waals surface area contributed by atoms with Crippen LogP contribution in [0.3, 0.4) is 0 Å². The molecule has 58 heavy (non-hydrogen) atoms. The SMILES string of the molecule is FC1(F)c2nc(-c3ncc(-c4ccc(OC(F)(F)C(F)(F)C(F)(F)C(F)(F)C(F)(F)C(F)(F)C(F)(F)F)cc4)cn3)ccc2OC1CCCCCCCCCC1CC1. The fourth-order valence-electron chi connectivity index (χ4n) is 6.07. The maximum atomic E-state index is 15.3. The molecule has 5 rings (SSSR count). The van der Waals surface area contributed by atoms with E-state index in [9.17, 15) is 65.9 Å². The first-order valence-corrected chi connectivity index (χ1v) is 17.7. The third-order valence-electron chi connectivity index (χ3n) is 9.74. The lowest BCUT2D eigenvalue weighted by Gasteiger charge is -2.41. The summed E-state index contributed by atoms with van der Waals surface area (Å²) in [5.41, 5.74) is -0.784. The van der Waals surface area contributed by atoms with E-state index in [1.54, 1.807) is 0 Å². The van der Waals surface area contributed by atoms with Crippen molar-refractivity contribution in [3.8, 4) is 34.1 Å². The fourth-order valence-corrected chi connectivity index (χ4v) is 6.07. The van der Waals surface area contributed by atoms with Crippen LogP contribution in [0, 0.1) is 5.92 Å². The number of benzene rings is 1. The van der Waals surface area contributed by atoms with E-state index < -0.39 is 65.4 Å². The van der Waals surface area contributed by atoms with Gasteiger partial charge in [0.1, 0.15) is 17.2 Å². The number of halogens is 17. The molecule has 0 saturated heterocycles. The summed E-state index contributed by atoms with van der Waals surface area (Å²) in [5, 5.41) is 0. The van der Waals surface area contributed by atoms with Crippen molar-refractivity contribution in [3.63, 3.8) is 0 Å². The van der Waals surface area contributed by atoms with E-state index in [1.165, 1.54) is 37.8 Å². The summed E-state index contributed by atoms with van der Waals surface area (Å²) in [6.07, 6.45) is -3.26. The van der Waals surface area contributed by atoms with E-state index >= 15 is 8.78 Å². The topological polar surface area (TPSA) is 57.1 Å². The number of aromatic nitrogens is 3. The van der Waals surface area contributed by atoms with Crippen molar-refractivity contribution < 1.29 is 84.1 Å². The zero-order valence-electron chi connectivity index (χ0n) is 29.6. The summed E-state index contributed by atoms with van der Waals surface area (Å²) in [4.78, 5) is 12.0. The van der Waals surface area contributed by atoms with Gasteiger partial charge in [-0.15, -0.1) is 0 Å². The van der Waals surface area contributed by atoms with E-state index in [2.05, 4.69) is 19.7 Å². The minimum atomic E-state index is -8.44. The molecule has 2 aromatic heterocycles. The molecule has 0 radical (unpaired) electrons. The Morgan fingerprint density at radius 3 is 1.62 bits per heavy atom. The average molecular weight is 862 g/mol. The number of ether oxygens (including phenoxy) is 2. The van der Waals surface area contributed by atoms with Gasteiger partial charge in [-0.1, -0.05) is 69.9 Å². The Hall–Kier alpha value is -4.14. The van der Waals surface area contributed by atoms with Crippen LogP contribution in [-0.4, -0.2) is 63.0 Å². The van der Waals surface area contributed by atoms with Crippen molar-refractivity contribution in [1.82, 2.24) is 15.0 Å². The minimum Gasteiger partial charge on any atom is -0.482 e. The van der Waals surface area contributed by atoms with Crippen molar-refractivity contribution in [3.05, 3.63) is 54.5 Å². The van der Waals surface area contributed by atoms with Crippen LogP contribution >= 0.6 is 0 Å². The van der Waals surface area contributed by atoms with Crippen LogP contribution in [0.1, 0.15) is 76.3 Å². The quantitative estimate of drug-likeness (QED) is 0.0888. The second kappa shape index (κ2) is 15.8. The van der Waals surface area contributed by atoms with Crippen LogP contribution in [0.25, 0.3) is 22.6 Å². The summed E-state index contributed by atoms with van der Waals surface area (Å²) in [6.45, 7) is 0. The molecular weight excluding hydrogens is 829 g/mol. The van der Waals surface area contributed by atoms with E-state index in [1.807, 2.05) is 0 Å². The van der Waals surface area contributed by atoms with Crippen molar-refractivity contribution in [1.29, 1.82) is 0 Å². The summed E-state index contributed by atoms with van der Waals surface area (Å²) < 4.78 is 242. The van der Waals surface area contributed by atoms with Gasteiger partial charge in [-0.25, -0.2) is 15.0 Å². The highest BCUT2D eigenvalue weighted by molar-refractivity contribution is 5.64. The fraction of sp³-hybridized carbons (Fsp3) is 0.583. The molecule has 1 aliphatic carbocycles. The Morgan fingerprint density at radius 1 is 0.586 bits per heavy atom. The molecule has 1 aromatic carbocycles. The third-order valence-corrected chi connectivity index (χ3v) is 9.74. The number of hydrogen-bond donors (Lipinski definition) is 0. The smallest absolute Gasteiger partial charge is 0.471 e. The van der Waals surface area contributed by atoms with Crippen LogP contribution in [0.2, 0.25) is 0 Å². The largest absolute Gasteiger partial charge is 0.482 e. The molecule has 0 amide bonds. The minimum absolute atomic E-state index is 0.0135. The predicted octanol–water partition coefficient (Wildman–Crippen LogP) is 12.7. The molecule has 1 saturated carbocycles. The summed E-state index contributed by atoms with van der Waals surface area (Å²) in [5.74, 6) is -45.4. The van der Waals surface area contributed by atoms with Gasteiger partial charge in [0, 0.05) is 18.0 Å². The first kappa shape index (κ1) is 45.0. The van der Waals surface area contributed by atoms with Gasteiger partial charge in [0.05, 0.1) is 0 Å². The van der Waals surface area contributed by atoms with Crippen molar-refractivity contribution in [2.24, 2.45) is 5.92 Å². The number of nitrogens with zero attached hydrogens (tertiary/aromatic N) is 3. The van der Waals surface area contributed by atoms with Crippen LogP contribution in [0.4, 0.5) is 74.6 Å². The van der Waals surface area contributed by atoms with Gasteiger partial charge in [0.15, 0.2) is 17.6 Å². The van der Waals surface area contributed by atoms with Crippen LogP contribution in [0.15, 0.2) is 48.8 Å². The van der Waals surface area contributed by atoms with Crippen LogP contribution in [-0.2, 0) is 5.92 Å². The standard InChI is InChI=1S/C36H32F17N3O2/c37-29(38)26(9-7-5-3-1-2-4-6-8-20-10-11-20)57-25-17-16-24(56-27(25)29)28-54-18-22(19-55-28)21-12-14-23(15-13-21)58-36(52,53)34(47,48)32(43,44)30(39,40)31(41,42)33(45,46)35(49,50)51/h12-20,26H,1-11H2. The molecule has 1 atom stereocenters. The highest BCUT2D eigenvalue weighted by Crippen LogP contribution is 2.62. The molecule has 1 unspecified atom stereocenters. The van der Waals surface area contributed by atoms with E-state index in [4.69, 9.17) is 4.74 Å². The molecule has 0 spiro atoms. The summed E-state index contributed by atoms with van der Waals surface area (Å²) in [6, 6.07) is 4.77. The molecule has 3 heterocycles. The molecular formula is C36H32F17N3O2. The second-order valence-corrected chi connectivity index (χ2v) is 14.1. The lowest BCUT2D eigenvalue weighted by Crippen LogP contribution is -2.73. The van der Waals surface area contributed by atoms with E-state index in [-0.39, 0.29) is 34.8 Å². The molecule has 1 fully saturated rings. The monoisotopic (exact) mass is 861 g/mol. The Kier molecular flexibility index (Phi) is 12.2. The molecule has 0 bridgehead atoms. The maximum Gasteiger partial charge on any atom is 0.471 e. The van der Waals surface area contributed by atoms with Crippen LogP contribution in [0.5, 0.6) is 11.5 Å². The van der Waals surface area contributed by atoms with E-state index in [0.29, 0.717) is 18.6 Å². The van der Waals surface area contributed by atoms with Gasteiger partial charge < -0.3 is 9.47 Å². The lowest BCUT2D eigenvalue weighted by atomic mass is 9.93. The Morgan fingerprint density at radius 2 is 1.09 bits per heavy atom. The molecule has 2 aliphatic rings. The zero-order chi connectivity index (χ0) is 43.2. The molecule has 0 N–H and O–H groups in total. The summed E-state index contributed by atoms with van der Waals surface area (Å²) >= 11 is 0. The van der Waals surface area contributed by atoms with Crippen molar-refractivity contribution in [2.75, 3.05) is 0 Å². The van der Waals surface area contributed by atoms with Crippen molar-refractivity contribution in [2.45, 2.75) is 125 Å². The predicted molar refractivity (Wildman–Crippen MR) is 170 cm³/mol. The average Bonchev–Trinajstić information content (AvgIpc) is 3.93. The first-order chi connectivity index (χ1) is 26.7. The van der Waals surface area contributed by atoms with Gasteiger partial charge in [0.25, 0.3) is 0 Å². The molecule has 22 heteroatoms. The number of alkyl halides is 17. The summed E-state index contributed by atoms with van der Waals surface area (Å²) in [7, 11) is 0. The lowest BCUT2D eigenvalue weighted by molar-refractivity contribution is -0.465. The Labute approximate surface area is 318 Å². The van der Waals surface area contributed by atoms with E-state index in [0.717, 1.165) is 62.5 Å². The highest BCUT2D eigenvalue weighted by Gasteiger charge is 2.94. The molecule has 3 aromatic rings. The van der Waals surface area contributed by atoms with Gasteiger partial charge >= 0.3 is 47.8 Å². The molecule has 1 aliphatic heterocycles. The van der Waals surface area contributed by atoms with Gasteiger partial charge in [-0.2, -0.15) is 74.6 Å². The van der Waals surface area contributed by atoms with Gasteiger partial charge in [-0.3, -0.25) is 0 Å². The molecule has 322 valence electrons. The molecule has 5 nitrogen and oxygen atoms in total. The normalized spacial score (nSPS) is 17.9.